The van der Waals surface area contributed by atoms with Crippen molar-refractivity contribution in [2.45, 2.75) is 0 Å². The number of nitrogens with zero attached hydrogens (tertiary/aromatic N) is 2. The first-order chi connectivity index (χ1) is 6.42. The highest BCUT2D eigenvalue weighted by molar-refractivity contribution is 5.80. The molecule has 64 valence electrons. The van der Waals surface area contributed by atoms with Crippen molar-refractivity contribution in [1.82, 2.24) is 15.2 Å². The van der Waals surface area contributed by atoms with Crippen LogP contribution < -0.4 is 0 Å². The van der Waals surface area contributed by atoms with Crippen LogP contribution in [0.3, 0.4) is 0 Å². The molecule has 0 spiro atoms. The molecule has 13 heavy (non-hydrogen) atoms. The lowest BCUT2D eigenvalue weighted by atomic mass is 10.3. The van der Waals surface area contributed by atoms with Gasteiger partial charge in [-0.25, -0.2) is 4.98 Å². The molecule has 0 aliphatic heterocycles. The number of rotatable bonds is 0. The zero-order valence-corrected chi connectivity index (χ0v) is 6.78. The van der Waals surface area contributed by atoms with E-state index in [0.29, 0.717) is 11.3 Å². The third-order valence-corrected chi connectivity index (χ3v) is 1.62. The Balaban J connectivity index is 2.58. The van der Waals surface area contributed by atoms with E-state index < -0.39 is 0 Å². The Kier molecular flexibility index (Phi) is 1.94. The van der Waals surface area contributed by atoms with Crippen molar-refractivity contribution in [2.75, 3.05) is 6.61 Å². The van der Waals surface area contributed by atoms with E-state index in [-0.39, 0.29) is 6.61 Å². The minimum absolute atomic E-state index is 0.152. The van der Waals surface area contributed by atoms with Gasteiger partial charge in [0, 0.05) is 6.20 Å². The summed E-state index contributed by atoms with van der Waals surface area (Å²) >= 11 is 0. The van der Waals surface area contributed by atoms with Gasteiger partial charge in [-0.2, -0.15) is 5.10 Å². The van der Waals surface area contributed by atoms with Gasteiger partial charge >= 0.3 is 0 Å². The van der Waals surface area contributed by atoms with Crippen LogP contribution >= 0.6 is 0 Å². The van der Waals surface area contributed by atoms with Gasteiger partial charge in [-0.3, -0.25) is 5.10 Å². The minimum Gasteiger partial charge on any atom is -0.384 e. The van der Waals surface area contributed by atoms with E-state index >= 15 is 0 Å². The van der Waals surface area contributed by atoms with E-state index in [0.717, 1.165) is 5.39 Å². The standard InChI is InChI=1S/C9H7N3O/c13-6-2-4-8-7-3-1-5-10-9(7)12-11-8/h1,3,5,13H,6H2,(H,10,11,12). The Labute approximate surface area is 74.6 Å². The quantitative estimate of drug-likeness (QED) is 0.563. The molecule has 0 aliphatic rings. The highest BCUT2D eigenvalue weighted by Crippen LogP contribution is 2.10. The van der Waals surface area contributed by atoms with Crippen LogP contribution in [-0.2, 0) is 0 Å². The molecule has 2 heterocycles. The summed E-state index contributed by atoms with van der Waals surface area (Å²) < 4.78 is 0. The molecular formula is C9H7N3O. The Bertz CT molecular complexity index is 478. The van der Waals surface area contributed by atoms with Gasteiger partial charge in [-0.1, -0.05) is 5.92 Å². The summed E-state index contributed by atoms with van der Waals surface area (Å²) in [4.78, 5) is 4.04. The second kappa shape index (κ2) is 3.25. The number of pyridine rings is 1. The fraction of sp³-hybridized carbons (Fsp3) is 0.111. The zero-order valence-electron chi connectivity index (χ0n) is 6.78. The van der Waals surface area contributed by atoms with Gasteiger partial charge in [-0.15, -0.1) is 0 Å². The summed E-state index contributed by atoms with van der Waals surface area (Å²) in [5, 5.41) is 16.1. The molecule has 4 nitrogen and oxygen atoms in total. The average Bonchev–Trinajstić information content (AvgIpc) is 2.58. The number of hydrogen-bond acceptors (Lipinski definition) is 3. The fourth-order valence-corrected chi connectivity index (χ4v) is 1.07. The van der Waals surface area contributed by atoms with Crippen LogP contribution in [0.1, 0.15) is 5.69 Å². The van der Waals surface area contributed by atoms with E-state index in [9.17, 15) is 0 Å². The van der Waals surface area contributed by atoms with Crippen molar-refractivity contribution >= 4 is 11.0 Å². The molecule has 2 aromatic heterocycles. The lowest BCUT2D eigenvalue weighted by Crippen LogP contribution is -1.77. The summed E-state index contributed by atoms with van der Waals surface area (Å²) in [6.07, 6.45) is 1.67. The molecule has 0 fully saturated rings. The van der Waals surface area contributed by atoms with E-state index in [4.69, 9.17) is 5.11 Å². The summed E-state index contributed by atoms with van der Waals surface area (Å²) in [5.74, 6) is 5.31. The van der Waals surface area contributed by atoms with Crippen molar-refractivity contribution in [3.8, 4) is 11.8 Å². The number of aliphatic hydroxyl groups excluding tert-OH is 1. The topological polar surface area (TPSA) is 61.8 Å². The van der Waals surface area contributed by atoms with Crippen LogP contribution in [0.15, 0.2) is 18.3 Å². The van der Waals surface area contributed by atoms with Crippen LogP contribution in [0.4, 0.5) is 0 Å². The van der Waals surface area contributed by atoms with Crippen molar-refractivity contribution < 1.29 is 5.11 Å². The normalized spacial score (nSPS) is 9.62. The SMILES string of the molecule is OCC#Cc1[nH]nc2ncccc12. The van der Waals surface area contributed by atoms with Crippen molar-refractivity contribution in [1.29, 1.82) is 0 Å². The summed E-state index contributed by atoms with van der Waals surface area (Å²) in [7, 11) is 0. The number of H-pyrrole nitrogens is 1. The molecule has 0 atom stereocenters. The first-order valence-corrected chi connectivity index (χ1v) is 3.80. The molecule has 0 saturated heterocycles. The Morgan fingerprint density at radius 2 is 2.46 bits per heavy atom. The first kappa shape index (κ1) is 7.77. The molecule has 0 aliphatic carbocycles. The van der Waals surface area contributed by atoms with Gasteiger partial charge in [0.15, 0.2) is 5.65 Å². The first-order valence-electron chi connectivity index (χ1n) is 3.80. The molecule has 2 rings (SSSR count). The van der Waals surface area contributed by atoms with Crippen LogP contribution in [0.2, 0.25) is 0 Å². The average molecular weight is 173 g/mol. The predicted molar refractivity (Wildman–Crippen MR) is 47.9 cm³/mol. The molecule has 2 N–H and O–H groups in total. The summed E-state index contributed by atoms with van der Waals surface area (Å²) in [6.45, 7) is -0.152. The predicted octanol–water partition coefficient (Wildman–Crippen LogP) is 0.302. The molecule has 0 bridgehead atoms. The van der Waals surface area contributed by atoms with Crippen molar-refractivity contribution in [3.05, 3.63) is 24.0 Å². The largest absolute Gasteiger partial charge is 0.384 e. The van der Waals surface area contributed by atoms with Crippen LogP contribution in [0.25, 0.3) is 11.0 Å². The van der Waals surface area contributed by atoms with Crippen molar-refractivity contribution in [3.63, 3.8) is 0 Å². The monoisotopic (exact) mass is 173 g/mol. The number of fused-ring (bicyclic) bond motifs is 1. The third kappa shape index (κ3) is 1.37. The lowest BCUT2D eigenvalue weighted by Gasteiger charge is -1.84. The third-order valence-electron chi connectivity index (χ3n) is 1.62. The van der Waals surface area contributed by atoms with E-state index in [2.05, 4.69) is 27.0 Å². The second-order valence-electron chi connectivity index (χ2n) is 2.43. The maximum absolute atomic E-state index is 8.51. The molecule has 0 amide bonds. The number of aromatic amines is 1. The summed E-state index contributed by atoms with van der Waals surface area (Å²) in [6, 6.07) is 3.70. The molecular weight excluding hydrogens is 166 g/mol. The molecule has 0 unspecified atom stereocenters. The van der Waals surface area contributed by atoms with Crippen LogP contribution in [0, 0.1) is 11.8 Å². The van der Waals surface area contributed by atoms with E-state index in [1.165, 1.54) is 0 Å². The van der Waals surface area contributed by atoms with E-state index in [1.54, 1.807) is 6.20 Å². The number of hydrogen-bond donors (Lipinski definition) is 2. The number of aromatic nitrogens is 3. The number of aliphatic hydroxyl groups is 1. The lowest BCUT2D eigenvalue weighted by molar-refractivity contribution is 0.350. The maximum Gasteiger partial charge on any atom is 0.182 e. The van der Waals surface area contributed by atoms with E-state index in [1.807, 2.05) is 12.1 Å². The van der Waals surface area contributed by atoms with Gasteiger partial charge < -0.3 is 5.11 Å². The highest BCUT2D eigenvalue weighted by atomic mass is 16.2. The van der Waals surface area contributed by atoms with Gasteiger partial charge in [0.2, 0.25) is 0 Å². The van der Waals surface area contributed by atoms with Crippen molar-refractivity contribution in [2.24, 2.45) is 0 Å². The Morgan fingerprint density at radius 1 is 1.54 bits per heavy atom. The molecule has 0 radical (unpaired) electrons. The van der Waals surface area contributed by atoms with Gasteiger partial charge in [0.1, 0.15) is 12.3 Å². The molecule has 0 aromatic carbocycles. The van der Waals surface area contributed by atoms with Gasteiger partial charge in [0.05, 0.1) is 5.39 Å². The Hall–Kier alpha value is -1.86. The zero-order chi connectivity index (χ0) is 9.10. The summed E-state index contributed by atoms with van der Waals surface area (Å²) in [5.41, 5.74) is 1.34. The molecule has 4 heteroatoms. The molecule has 2 aromatic rings. The fourth-order valence-electron chi connectivity index (χ4n) is 1.07. The van der Waals surface area contributed by atoms with Crippen LogP contribution in [-0.4, -0.2) is 26.9 Å². The van der Waals surface area contributed by atoms with Gasteiger partial charge in [0.25, 0.3) is 0 Å². The Morgan fingerprint density at radius 3 is 3.31 bits per heavy atom. The highest BCUT2D eigenvalue weighted by Gasteiger charge is 2.00. The van der Waals surface area contributed by atoms with Gasteiger partial charge in [-0.05, 0) is 18.1 Å². The molecule has 0 saturated carbocycles. The second-order valence-corrected chi connectivity index (χ2v) is 2.43. The maximum atomic E-state index is 8.51. The minimum atomic E-state index is -0.152. The number of nitrogens with one attached hydrogen (secondary N) is 1. The van der Waals surface area contributed by atoms with Crippen LogP contribution in [0.5, 0.6) is 0 Å². The smallest absolute Gasteiger partial charge is 0.182 e.